The molecule has 2 rings (SSSR count). The van der Waals surface area contributed by atoms with E-state index in [9.17, 15) is 92.3 Å². The Morgan fingerprint density at radius 3 is 1.10 bits per heavy atom. The first-order valence-electron chi connectivity index (χ1n) is 36.3. The molecule has 0 aliphatic rings. The van der Waals surface area contributed by atoms with Gasteiger partial charge in [0.25, 0.3) is 0 Å². The second kappa shape index (κ2) is 51.0. The summed E-state index contributed by atoms with van der Waals surface area (Å²) in [6, 6.07) is -10.1. The number of hydrogen-bond donors (Lipinski definition) is 31. The number of unbranched alkanes of at least 4 members (excludes halogenated alkanes) is 1. The summed E-state index contributed by atoms with van der Waals surface area (Å²) in [7, 11) is 0. The summed E-state index contributed by atoms with van der Waals surface area (Å²) in [5.74, 6) is -17.9. The molecule has 636 valence electrons. The average molecular weight is 1650 g/mol. The lowest BCUT2D eigenvalue weighted by molar-refractivity contribution is -0.142. The number of nitrogens with two attached hydrogens (primary N) is 9. The fourth-order valence-corrected chi connectivity index (χ4v) is 11.3. The number of benzene rings is 2. The average Bonchev–Trinajstić information content (AvgIpc) is 0.823. The number of carbonyl (C=O) groups is 15. The first-order chi connectivity index (χ1) is 53.6. The van der Waals surface area contributed by atoms with E-state index in [0.717, 1.165) is 6.92 Å². The Hall–Kier alpha value is -10.9. The van der Waals surface area contributed by atoms with Crippen LogP contribution in [0.3, 0.4) is 0 Å². The largest absolute Gasteiger partial charge is 0.508 e. The fourth-order valence-electron chi connectivity index (χ4n) is 10.9. The number of rotatable bonds is 54. The number of carboxylic acid groups (broad SMARTS) is 1. The number of amides is 14. The van der Waals surface area contributed by atoms with Crippen molar-refractivity contribution in [2.45, 2.75) is 200 Å². The number of aliphatic hydroxyl groups excluding tert-OH is 1. The van der Waals surface area contributed by atoms with Gasteiger partial charge in [-0.3, -0.25) is 77.9 Å². The lowest BCUT2D eigenvalue weighted by Crippen LogP contribution is -2.63. The molecule has 0 spiro atoms. The summed E-state index contributed by atoms with van der Waals surface area (Å²) in [6.45, 7) is 3.13. The lowest BCUT2D eigenvalue weighted by Gasteiger charge is -2.32. The van der Waals surface area contributed by atoms with Crippen molar-refractivity contribution in [3.8, 4) is 11.5 Å². The van der Waals surface area contributed by atoms with Crippen LogP contribution in [0.4, 0.5) is 0 Å². The van der Waals surface area contributed by atoms with Crippen molar-refractivity contribution in [2.24, 2.45) is 51.6 Å². The van der Waals surface area contributed by atoms with E-state index in [1.807, 2.05) is 0 Å². The van der Waals surface area contributed by atoms with E-state index in [1.54, 1.807) is 0 Å². The quantitative estimate of drug-likeness (QED) is 0.0127. The fraction of sp³-hybridized carbons (Fsp3) is 0.574. The van der Waals surface area contributed by atoms with Crippen molar-refractivity contribution >= 4 is 126 Å². The van der Waals surface area contributed by atoms with Gasteiger partial charge in [0.15, 0.2) is 11.9 Å². The number of aromatic hydroxyl groups is 2. The maximum absolute atomic E-state index is 14.4. The number of primary amides is 2. The molecule has 0 fully saturated rings. The number of phenolic OH excluding ortho intramolecular Hbond substituents is 2. The number of aliphatic carboxylic acids is 1. The molecule has 114 heavy (non-hydrogen) atoms. The lowest BCUT2D eigenvalue weighted by atomic mass is 9.99. The van der Waals surface area contributed by atoms with Crippen molar-refractivity contribution in [1.82, 2.24) is 74.4 Å². The molecule has 0 unspecified atom stereocenters. The van der Waals surface area contributed by atoms with Gasteiger partial charge in [-0.15, -0.1) is 0 Å². The molecule has 0 aromatic heterocycles. The Morgan fingerprint density at radius 2 is 0.737 bits per heavy atom. The number of carboxylic acids is 1. The summed E-state index contributed by atoms with van der Waals surface area (Å²) in [4.78, 5) is 206. The Bertz CT molecular complexity index is 3600. The van der Waals surface area contributed by atoms with Gasteiger partial charge in [0.1, 0.15) is 84.0 Å². The van der Waals surface area contributed by atoms with Crippen LogP contribution in [0.25, 0.3) is 0 Å². The SMILES string of the molecule is C[C@@H](O)[C@H](NC(=O)[C@H](CCN)NC(=O)[C@H](CCCNC(=N)N)NC(=O)[C@H](CC(N)=O)NC(=O)[C@@H](NC(=O)[C@H](Cc1ccc(O)cc1)NC(=O)[C@@H](N)CC(N)=O)C(C)(C)S)C(=O)N[C@H](CCN)C(=O)N[C@@H](CCCCN)C(=O)N[C@@H](CS)C(=O)N[C@@H](CCN)C(=O)N[C@@H](CCCNC(=N)N)C(=O)N[C@@H](Cc1ccc(O)cc1)C(=O)O. The molecule has 0 saturated heterocycles. The van der Waals surface area contributed by atoms with Crippen LogP contribution in [0.1, 0.15) is 109 Å². The highest BCUT2D eigenvalue weighted by Gasteiger charge is 2.41. The van der Waals surface area contributed by atoms with Crippen LogP contribution in [-0.2, 0) is 84.8 Å². The molecule has 38 N–H and O–H groups in total. The Labute approximate surface area is 668 Å². The number of phenols is 2. The van der Waals surface area contributed by atoms with E-state index < -0.39 is 209 Å². The first kappa shape index (κ1) is 99.2. The van der Waals surface area contributed by atoms with Crippen LogP contribution >= 0.6 is 25.3 Å². The number of thiol groups is 2. The van der Waals surface area contributed by atoms with Gasteiger partial charge in [0.05, 0.1) is 25.0 Å². The predicted molar refractivity (Wildman–Crippen MR) is 421 cm³/mol. The summed E-state index contributed by atoms with van der Waals surface area (Å²) in [6.07, 6.45) is -4.81. The zero-order valence-electron chi connectivity index (χ0n) is 63.6. The molecule has 0 heterocycles. The van der Waals surface area contributed by atoms with Crippen LogP contribution in [0.5, 0.6) is 11.5 Å². The van der Waals surface area contributed by atoms with Gasteiger partial charge in [-0.05, 0) is 147 Å². The van der Waals surface area contributed by atoms with Crippen LogP contribution in [0, 0.1) is 10.8 Å². The van der Waals surface area contributed by atoms with Gasteiger partial charge in [-0.1, -0.05) is 24.3 Å². The standard InChI is InChI=1S/C68H113N25O19S2/c1-33(94)51(63(109)87-43(20-24-71)58(104)82-39(8-4-5-22-69)56(102)91-48(32-113)62(108)86-42(19-23-70)57(103)83-41(10-7-27-81-67(78)79)55(101)90-47(65(111)112)29-35-13-17-37(96)18-14-35)92-59(105)44(21-25-72)85-54(100)40(9-6-26-80-66(76)77)84-60(106)46(31-50(75)98)89-64(110)52(68(2,3)114)93-61(107)45(28-34-11-15-36(95)16-12-34)88-53(99)38(73)30-49(74)97/h11-18,33,38-48,51-52,94-96,113-114H,4-10,19-32,69-73H2,1-3H3,(H2,74,97)(H2,75,98)(H,82,104)(H,83,103)(H,84,106)(H,85,100)(H,86,108)(H,87,109)(H,88,99)(H,89,110)(H,90,101)(H,91,102)(H,92,105)(H,93,107)(H,111,112)(H4,76,77,80)(H4,78,79,81)/t33-,38+,39+,40+,41+,42+,43-,44+,45+,46+,47+,48+,51+,52-/m1/s1. The third kappa shape index (κ3) is 37.2. The molecule has 0 saturated carbocycles. The Kier molecular flexibility index (Phi) is 44.3. The molecule has 14 amide bonds. The minimum atomic E-state index is -1.94. The Morgan fingerprint density at radius 1 is 0.412 bits per heavy atom. The minimum absolute atomic E-state index is 0.0488. The van der Waals surface area contributed by atoms with Gasteiger partial charge >= 0.3 is 5.97 Å². The molecule has 0 radical (unpaired) electrons. The maximum Gasteiger partial charge on any atom is 0.326 e. The smallest absolute Gasteiger partial charge is 0.326 e. The molecule has 0 aliphatic carbocycles. The maximum atomic E-state index is 14.4. The highest BCUT2D eigenvalue weighted by atomic mass is 32.1. The zero-order chi connectivity index (χ0) is 86.1. The highest BCUT2D eigenvalue weighted by molar-refractivity contribution is 7.81. The van der Waals surface area contributed by atoms with Gasteiger partial charge in [-0.2, -0.15) is 25.3 Å². The van der Waals surface area contributed by atoms with E-state index >= 15 is 0 Å². The first-order valence-corrected chi connectivity index (χ1v) is 37.4. The molecular formula is C68H113N25O19S2. The van der Waals surface area contributed by atoms with Crippen molar-refractivity contribution in [2.75, 3.05) is 45.0 Å². The van der Waals surface area contributed by atoms with Crippen LogP contribution in [-0.4, -0.2) is 255 Å². The summed E-state index contributed by atoms with van der Waals surface area (Å²) < 4.78 is -1.53. The van der Waals surface area contributed by atoms with E-state index in [0.29, 0.717) is 17.5 Å². The monoisotopic (exact) mass is 1650 g/mol. The summed E-state index contributed by atoms with van der Waals surface area (Å²) in [5.41, 5.74) is 51.7. The topological polar surface area (TPSA) is 787 Å². The van der Waals surface area contributed by atoms with Gasteiger partial charge in [0, 0.05) is 36.4 Å². The minimum Gasteiger partial charge on any atom is -0.508 e. The normalized spacial score (nSPS) is 14.8. The number of carbonyl (C=O) groups excluding carboxylic acids is 14. The third-order valence-electron chi connectivity index (χ3n) is 17.0. The van der Waals surface area contributed by atoms with Crippen molar-refractivity contribution < 1.29 is 92.3 Å². The van der Waals surface area contributed by atoms with Crippen LogP contribution in [0.15, 0.2) is 48.5 Å². The van der Waals surface area contributed by atoms with Crippen LogP contribution in [0.2, 0.25) is 0 Å². The second-order valence-corrected chi connectivity index (χ2v) is 28.6. The molecule has 2 aromatic carbocycles. The number of guanidine groups is 2. The van der Waals surface area contributed by atoms with Crippen molar-refractivity contribution in [1.29, 1.82) is 10.8 Å². The third-order valence-corrected chi connectivity index (χ3v) is 17.6. The molecule has 44 nitrogen and oxygen atoms in total. The Balaban J connectivity index is 2.44. The van der Waals surface area contributed by atoms with E-state index in [4.69, 9.17) is 62.4 Å². The van der Waals surface area contributed by atoms with Gasteiger partial charge in [-0.25, -0.2) is 4.79 Å². The van der Waals surface area contributed by atoms with E-state index in [-0.39, 0.29) is 121 Å². The number of nitrogens with one attached hydrogen (secondary N) is 16. The van der Waals surface area contributed by atoms with E-state index in [1.165, 1.54) is 62.4 Å². The molecular weight excluding hydrogens is 1540 g/mol. The van der Waals surface area contributed by atoms with Gasteiger partial charge < -0.3 is 146 Å². The van der Waals surface area contributed by atoms with E-state index in [2.05, 4.69) is 99.7 Å². The number of hydrogen-bond acceptors (Lipinski definition) is 27. The molecule has 14 atom stereocenters. The molecule has 0 bridgehead atoms. The second-order valence-electron chi connectivity index (χ2n) is 27.1. The summed E-state index contributed by atoms with van der Waals surface area (Å²) in [5, 5.41) is 90.0. The molecule has 2 aromatic rings. The molecule has 46 heteroatoms. The van der Waals surface area contributed by atoms with Crippen molar-refractivity contribution in [3.63, 3.8) is 0 Å². The summed E-state index contributed by atoms with van der Waals surface area (Å²) >= 11 is 8.76. The zero-order valence-corrected chi connectivity index (χ0v) is 65.3. The van der Waals surface area contributed by atoms with Crippen molar-refractivity contribution in [3.05, 3.63) is 59.7 Å². The van der Waals surface area contributed by atoms with Crippen LogP contribution < -0.4 is 126 Å². The number of aliphatic hydroxyl groups is 1. The van der Waals surface area contributed by atoms with Gasteiger partial charge in [0.2, 0.25) is 82.7 Å². The highest BCUT2D eigenvalue weighted by Crippen LogP contribution is 2.21. The molecule has 0 aliphatic heterocycles. The predicted octanol–water partition coefficient (Wildman–Crippen LogP) is -10.4.